The van der Waals surface area contributed by atoms with Crippen LogP contribution < -0.4 is 18.9 Å². The van der Waals surface area contributed by atoms with E-state index in [0.717, 1.165) is 0 Å². The number of rotatable bonds is 8. The van der Waals surface area contributed by atoms with Crippen molar-refractivity contribution in [3.05, 3.63) is 83.4 Å². The Labute approximate surface area is 190 Å². The number of hydrogen-bond acceptors (Lipinski definition) is 8. The van der Waals surface area contributed by atoms with E-state index in [1.807, 2.05) is 0 Å². The van der Waals surface area contributed by atoms with Crippen molar-refractivity contribution < 1.29 is 28.5 Å². The van der Waals surface area contributed by atoms with E-state index in [0.29, 0.717) is 39.7 Å². The molecule has 0 aliphatic rings. The second-order valence-electron chi connectivity index (χ2n) is 6.30. The highest BCUT2D eigenvalue weighted by molar-refractivity contribution is 7.80. The second-order valence-corrected chi connectivity index (χ2v) is 6.82. The van der Waals surface area contributed by atoms with Gasteiger partial charge in [-0.1, -0.05) is 0 Å². The first-order chi connectivity index (χ1) is 15.0. The molecule has 160 valence electrons. The van der Waals surface area contributed by atoms with E-state index in [1.165, 1.54) is 0 Å². The molecule has 3 aromatic rings. The minimum atomic E-state index is -0.509. The van der Waals surface area contributed by atoms with Crippen molar-refractivity contribution in [3.8, 4) is 23.0 Å². The van der Waals surface area contributed by atoms with Crippen molar-refractivity contribution in [1.82, 2.24) is 0 Å². The topological polar surface area (TPSA) is 71.1 Å². The maximum atomic E-state index is 12.4. The summed E-state index contributed by atoms with van der Waals surface area (Å²) in [6.45, 7) is 1.76. The Hall–Kier alpha value is -3.10. The number of esters is 2. The standard InChI is InChI=1S/C23H20O6S2/c1-15-12-20(28-22(24)16-2-6-18(7-3-16)26-13-30)10-11-21(15)29-23(25)17-4-8-19(9-5-17)27-14-31/h2-12,30-31H,13-14H2,1H3. The molecule has 0 spiro atoms. The van der Waals surface area contributed by atoms with Gasteiger partial charge in [-0.05, 0) is 79.2 Å². The first-order valence-electron chi connectivity index (χ1n) is 9.22. The van der Waals surface area contributed by atoms with Crippen molar-refractivity contribution in [2.45, 2.75) is 6.92 Å². The average Bonchev–Trinajstić information content (AvgIpc) is 2.77. The smallest absolute Gasteiger partial charge is 0.343 e. The monoisotopic (exact) mass is 456 g/mol. The number of hydrogen-bond donors (Lipinski definition) is 2. The summed E-state index contributed by atoms with van der Waals surface area (Å²) in [5.74, 6) is 1.40. The number of thiol groups is 2. The highest BCUT2D eigenvalue weighted by atomic mass is 32.1. The lowest BCUT2D eigenvalue weighted by Gasteiger charge is -2.10. The Bertz CT molecular complexity index is 1050. The van der Waals surface area contributed by atoms with Gasteiger partial charge in [-0.25, -0.2) is 9.59 Å². The van der Waals surface area contributed by atoms with Gasteiger partial charge in [0, 0.05) is 0 Å². The molecule has 0 saturated heterocycles. The molecule has 0 fully saturated rings. The van der Waals surface area contributed by atoms with Crippen LogP contribution in [0.15, 0.2) is 66.7 Å². The Morgan fingerprint density at radius 3 is 1.58 bits per heavy atom. The van der Waals surface area contributed by atoms with E-state index in [2.05, 4.69) is 25.3 Å². The highest BCUT2D eigenvalue weighted by Gasteiger charge is 2.13. The minimum Gasteiger partial charge on any atom is -0.483 e. The fourth-order valence-electron chi connectivity index (χ4n) is 2.65. The predicted octanol–water partition coefficient (Wildman–Crippen LogP) is 4.97. The number of ether oxygens (including phenoxy) is 4. The molecule has 0 radical (unpaired) electrons. The van der Waals surface area contributed by atoms with Gasteiger partial charge in [0.05, 0.1) is 11.1 Å². The third kappa shape index (κ3) is 6.19. The lowest BCUT2D eigenvalue weighted by atomic mass is 10.2. The molecule has 0 bridgehead atoms. The van der Waals surface area contributed by atoms with E-state index < -0.39 is 11.9 Å². The zero-order chi connectivity index (χ0) is 22.2. The summed E-state index contributed by atoms with van der Waals surface area (Å²) in [4.78, 5) is 24.7. The summed E-state index contributed by atoms with van der Waals surface area (Å²) in [7, 11) is 0. The van der Waals surface area contributed by atoms with Crippen LogP contribution in [-0.4, -0.2) is 23.8 Å². The summed E-state index contributed by atoms with van der Waals surface area (Å²) in [5.41, 5.74) is 1.41. The van der Waals surface area contributed by atoms with Crippen LogP contribution in [0.4, 0.5) is 0 Å². The first kappa shape index (κ1) is 22.6. The molecule has 0 saturated carbocycles. The van der Waals surface area contributed by atoms with Crippen LogP contribution >= 0.6 is 25.3 Å². The molecule has 31 heavy (non-hydrogen) atoms. The normalized spacial score (nSPS) is 10.3. The summed E-state index contributed by atoms with van der Waals surface area (Å²) in [6.07, 6.45) is 0. The molecular weight excluding hydrogens is 436 g/mol. The van der Waals surface area contributed by atoms with E-state index in [4.69, 9.17) is 18.9 Å². The third-order valence-electron chi connectivity index (χ3n) is 4.20. The van der Waals surface area contributed by atoms with E-state index in [-0.39, 0.29) is 11.9 Å². The number of benzene rings is 3. The Morgan fingerprint density at radius 2 is 1.13 bits per heavy atom. The third-order valence-corrected chi connectivity index (χ3v) is 4.46. The molecule has 6 nitrogen and oxygen atoms in total. The summed E-state index contributed by atoms with van der Waals surface area (Å²) in [5, 5.41) is 0. The quantitative estimate of drug-likeness (QED) is 0.216. The molecular formula is C23H20O6S2. The molecule has 0 unspecified atom stereocenters. The summed E-state index contributed by atoms with van der Waals surface area (Å²) >= 11 is 7.97. The van der Waals surface area contributed by atoms with Crippen molar-refractivity contribution in [2.75, 3.05) is 11.9 Å². The molecule has 0 heterocycles. The van der Waals surface area contributed by atoms with Crippen molar-refractivity contribution in [1.29, 1.82) is 0 Å². The first-order valence-corrected chi connectivity index (χ1v) is 10.5. The Kier molecular flexibility index (Phi) is 7.86. The van der Waals surface area contributed by atoms with Crippen LogP contribution in [-0.2, 0) is 0 Å². The predicted molar refractivity (Wildman–Crippen MR) is 123 cm³/mol. The van der Waals surface area contributed by atoms with Crippen LogP contribution in [0.1, 0.15) is 26.3 Å². The fourth-order valence-corrected chi connectivity index (χ4v) is 2.95. The number of aryl methyl sites for hydroxylation is 1. The molecule has 0 atom stereocenters. The lowest BCUT2D eigenvalue weighted by Crippen LogP contribution is -2.10. The SMILES string of the molecule is Cc1cc(OC(=O)c2ccc(OCS)cc2)ccc1OC(=O)c1ccc(OCS)cc1. The van der Waals surface area contributed by atoms with E-state index >= 15 is 0 Å². The zero-order valence-corrected chi connectivity index (χ0v) is 18.4. The van der Waals surface area contributed by atoms with Crippen LogP contribution in [0.3, 0.4) is 0 Å². The van der Waals surface area contributed by atoms with Crippen LogP contribution in [0, 0.1) is 6.92 Å². The van der Waals surface area contributed by atoms with Gasteiger partial charge in [-0.2, -0.15) is 0 Å². The van der Waals surface area contributed by atoms with Crippen LogP contribution in [0.5, 0.6) is 23.0 Å². The van der Waals surface area contributed by atoms with Gasteiger partial charge in [0.25, 0.3) is 0 Å². The van der Waals surface area contributed by atoms with Gasteiger partial charge >= 0.3 is 11.9 Å². The van der Waals surface area contributed by atoms with E-state index in [1.54, 1.807) is 73.7 Å². The lowest BCUT2D eigenvalue weighted by molar-refractivity contribution is 0.0718. The van der Waals surface area contributed by atoms with Gasteiger partial charge in [0.1, 0.15) is 34.9 Å². The number of carbonyl (C=O) groups is 2. The van der Waals surface area contributed by atoms with Gasteiger partial charge < -0.3 is 18.9 Å². The molecule has 0 aromatic heterocycles. The maximum absolute atomic E-state index is 12.4. The highest BCUT2D eigenvalue weighted by Crippen LogP contribution is 2.25. The maximum Gasteiger partial charge on any atom is 0.343 e. The molecule has 8 heteroatoms. The van der Waals surface area contributed by atoms with Crippen LogP contribution in [0.25, 0.3) is 0 Å². The fraction of sp³-hybridized carbons (Fsp3) is 0.130. The van der Waals surface area contributed by atoms with Crippen LogP contribution in [0.2, 0.25) is 0 Å². The van der Waals surface area contributed by atoms with Crippen molar-refractivity contribution >= 4 is 37.2 Å². The molecule has 0 aliphatic carbocycles. The summed E-state index contributed by atoms with van der Waals surface area (Å²) < 4.78 is 21.3. The van der Waals surface area contributed by atoms with Gasteiger partial charge in [-0.15, -0.1) is 25.3 Å². The van der Waals surface area contributed by atoms with Gasteiger partial charge in [0.2, 0.25) is 0 Å². The van der Waals surface area contributed by atoms with E-state index in [9.17, 15) is 9.59 Å². The van der Waals surface area contributed by atoms with Gasteiger partial charge in [-0.3, -0.25) is 0 Å². The minimum absolute atomic E-state index is 0.246. The van der Waals surface area contributed by atoms with Crippen molar-refractivity contribution in [2.24, 2.45) is 0 Å². The second kappa shape index (κ2) is 10.8. The van der Waals surface area contributed by atoms with Crippen molar-refractivity contribution in [3.63, 3.8) is 0 Å². The molecule has 0 aliphatic heterocycles. The molecule has 3 aromatic carbocycles. The Balaban J connectivity index is 1.63. The largest absolute Gasteiger partial charge is 0.483 e. The number of carbonyl (C=O) groups excluding carboxylic acids is 2. The molecule has 0 N–H and O–H groups in total. The summed E-state index contributed by atoms with van der Waals surface area (Å²) in [6, 6.07) is 17.9. The zero-order valence-electron chi connectivity index (χ0n) is 16.6. The average molecular weight is 457 g/mol. The molecule has 3 rings (SSSR count). The van der Waals surface area contributed by atoms with Gasteiger partial charge in [0.15, 0.2) is 0 Å². The molecule has 0 amide bonds. The Morgan fingerprint density at radius 1 is 0.677 bits per heavy atom.